The fraction of sp³-hybridized carbons (Fsp3) is 0.878. The molecule has 4 aliphatic rings. The molecule has 0 saturated carbocycles. The van der Waals surface area contributed by atoms with Gasteiger partial charge in [-0.25, -0.2) is 0 Å². The summed E-state index contributed by atoms with van der Waals surface area (Å²) in [5, 5.41) is 152. The van der Waals surface area contributed by atoms with Gasteiger partial charge >= 0.3 is 0 Å². The summed E-state index contributed by atoms with van der Waals surface area (Å²) in [6.07, 6.45) is -34.6. The van der Waals surface area contributed by atoms with Crippen LogP contribution in [0.1, 0.15) is 58.8 Å². The van der Waals surface area contributed by atoms with Crippen molar-refractivity contribution in [3.8, 4) is 0 Å². The van der Waals surface area contributed by atoms with Crippen LogP contribution in [0.5, 0.6) is 0 Å². The molecule has 4 fully saturated rings. The number of hydrogen-bond acceptors (Lipinski definition) is 25. The van der Waals surface area contributed by atoms with Crippen molar-refractivity contribution in [2.75, 3.05) is 33.0 Å². The maximum Gasteiger partial charge on any atom is 0.222 e. The van der Waals surface area contributed by atoms with Crippen LogP contribution in [0.25, 0.3) is 0 Å². The van der Waals surface area contributed by atoms with Crippen molar-refractivity contribution < 1.29 is 124 Å². The molecule has 4 heterocycles. The van der Waals surface area contributed by atoms with E-state index in [0.29, 0.717) is 12.8 Å². The van der Waals surface area contributed by atoms with Crippen LogP contribution >= 0.6 is 0 Å². The van der Waals surface area contributed by atoms with Crippen molar-refractivity contribution in [3.63, 3.8) is 0 Å². The van der Waals surface area contributed by atoms with E-state index in [-0.39, 0.29) is 25.2 Å². The Labute approximate surface area is 400 Å². The lowest BCUT2D eigenvalue weighted by Crippen LogP contribution is -2.66. The summed E-state index contributed by atoms with van der Waals surface area (Å²) >= 11 is 0. The summed E-state index contributed by atoms with van der Waals surface area (Å²) in [6, 6.07) is -0.963. The summed E-state index contributed by atoms with van der Waals surface area (Å²) in [7, 11) is 0. The van der Waals surface area contributed by atoms with Crippen molar-refractivity contribution >= 4 is 29.4 Å². The van der Waals surface area contributed by atoms with E-state index in [1.54, 1.807) is 13.8 Å². The van der Waals surface area contributed by atoms with Crippen molar-refractivity contribution in [2.24, 2.45) is 5.92 Å². The molecule has 0 aliphatic carbocycles. The highest BCUT2D eigenvalue weighted by Crippen LogP contribution is 2.31. The summed E-state index contributed by atoms with van der Waals surface area (Å²) in [5.74, 6) is -3.64. The fourth-order valence-electron chi connectivity index (χ4n) is 8.08. The topological polar surface area (TPSA) is 472 Å². The van der Waals surface area contributed by atoms with E-state index in [4.69, 9.17) is 28.4 Å². The molecule has 0 radical (unpaired) electrons. The van der Waals surface area contributed by atoms with Crippen LogP contribution in [-0.2, 0) is 52.4 Å². The number of nitrogens with one attached hydrogen (secondary N) is 4. The molecular formula is C41H70N4O25. The van der Waals surface area contributed by atoms with Gasteiger partial charge in [-0.1, -0.05) is 13.8 Å². The zero-order valence-corrected chi connectivity index (χ0v) is 38.4. The number of rotatable bonds is 24. The van der Waals surface area contributed by atoms with Crippen molar-refractivity contribution in [3.05, 3.63) is 0 Å². The van der Waals surface area contributed by atoms with Gasteiger partial charge in [0.25, 0.3) is 0 Å². The molecule has 0 aromatic rings. The minimum absolute atomic E-state index is 0.114. The van der Waals surface area contributed by atoms with E-state index < -0.39 is 204 Å². The Bertz CT molecular complexity index is 1680. The summed E-state index contributed by atoms with van der Waals surface area (Å²) in [6.45, 7) is 0.148. The average Bonchev–Trinajstić information content (AvgIpc) is 3.33. The Kier molecular flexibility index (Phi) is 23.5. The van der Waals surface area contributed by atoms with Gasteiger partial charge in [0.2, 0.25) is 23.6 Å². The molecule has 0 aromatic heterocycles. The molecule has 4 amide bonds. The molecule has 21 atom stereocenters. The van der Waals surface area contributed by atoms with Gasteiger partial charge in [-0.05, 0) is 19.3 Å². The number of amides is 4. The largest absolute Gasteiger partial charge is 0.394 e. The van der Waals surface area contributed by atoms with Crippen molar-refractivity contribution in [2.45, 2.75) is 188 Å². The number of carbonyl (C=O) groups excluding carboxylic acids is 5. The molecule has 4 saturated heterocycles. The van der Waals surface area contributed by atoms with Crippen LogP contribution in [0.2, 0.25) is 0 Å². The number of aliphatic hydroxyl groups excluding tert-OH is 14. The number of aliphatic hydroxyl groups is 14. The predicted octanol–water partition coefficient (Wildman–Crippen LogP) is -9.98. The van der Waals surface area contributed by atoms with Gasteiger partial charge in [-0.15, -0.1) is 0 Å². The molecule has 29 nitrogen and oxygen atoms in total. The maximum absolute atomic E-state index is 13.0. The molecule has 4 rings (SSSR count). The molecule has 70 heavy (non-hydrogen) atoms. The zero-order chi connectivity index (χ0) is 52.1. The van der Waals surface area contributed by atoms with Gasteiger partial charge in [-0.2, -0.15) is 0 Å². The molecule has 9 unspecified atom stereocenters. The van der Waals surface area contributed by atoms with Crippen molar-refractivity contribution in [1.29, 1.82) is 0 Å². The molecule has 404 valence electrons. The monoisotopic (exact) mass is 1020 g/mol. The van der Waals surface area contributed by atoms with E-state index in [1.807, 2.05) is 0 Å². The first-order chi connectivity index (χ1) is 33.1. The van der Waals surface area contributed by atoms with Crippen molar-refractivity contribution in [1.82, 2.24) is 21.3 Å². The van der Waals surface area contributed by atoms with Gasteiger partial charge in [0.15, 0.2) is 30.8 Å². The molecule has 0 spiro atoms. The minimum Gasteiger partial charge on any atom is -0.394 e. The summed E-state index contributed by atoms with van der Waals surface area (Å²) in [5.41, 5.74) is 0. The Morgan fingerprint density at radius 2 is 0.871 bits per heavy atom. The third-order valence-corrected chi connectivity index (χ3v) is 12.3. The van der Waals surface area contributed by atoms with E-state index in [2.05, 4.69) is 21.3 Å². The number of carbonyl (C=O) groups is 5. The first-order valence-corrected chi connectivity index (χ1v) is 22.9. The van der Waals surface area contributed by atoms with Crippen LogP contribution in [0.3, 0.4) is 0 Å². The quantitative estimate of drug-likeness (QED) is 0.0399. The SMILES string of the molecule is CC(C)C(=O)C(CCCCNC(=O)CCC(=O)N[C@@H]1OC(CO)[C@H](O[C@@H]2OC(CO)[C@H](O)[C@H](O)C2O)[C@H](O)C1O)NC(=O)CCC(=O)N[C@@H]1OC(CO)[C@H](O[C@@H]2OC(CO)[C@H](O)[C@H](O)C2O)[C@H](O)C1O. The number of ether oxygens (including phenoxy) is 6. The van der Waals surface area contributed by atoms with E-state index in [1.165, 1.54) is 0 Å². The Morgan fingerprint density at radius 1 is 0.471 bits per heavy atom. The molecule has 4 aliphatic heterocycles. The Hall–Kier alpha value is -3.25. The van der Waals surface area contributed by atoms with Gasteiger partial charge in [-0.3, -0.25) is 24.0 Å². The third-order valence-electron chi connectivity index (χ3n) is 12.3. The molecule has 18 N–H and O–H groups in total. The molecular weight excluding hydrogens is 948 g/mol. The highest BCUT2D eigenvalue weighted by Gasteiger charge is 2.52. The van der Waals surface area contributed by atoms with Crippen LogP contribution in [0.15, 0.2) is 0 Å². The second-order valence-electron chi connectivity index (χ2n) is 17.8. The van der Waals surface area contributed by atoms with Crippen LogP contribution < -0.4 is 21.3 Å². The van der Waals surface area contributed by atoms with Crippen LogP contribution in [0.4, 0.5) is 0 Å². The number of Topliss-reactive ketones (excluding diaryl/α,β-unsaturated/α-hetero) is 1. The first-order valence-electron chi connectivity index (χ1n) is 22.9. The lowest BCUT2D eigenvalue weighted by atomic mass is 9.96. The Balaban J connectivity index is 1.16. The highest BCUT2D eigenvalue weighted by atomic mass is 16.7. The smallest absolute Gasteiger partial charge is 0.222 e. The molecule has 0 bridgehead atoms. The number of ketones is 1. The zero-order valence-electron chi connectivity index (χ0n) is 38.4. The third kappa shape index (κ3) is 15.4. The molecule has 0 aromatic carbocycles. The molecule has 29 heteroatoms. The second-order valence-corrected chi connectivity index (χ2v) is 17.8. The first kappa shape index (κ1) is 59.3. The predicted molar refractivity (Wildman–Crippen MR) is 226 cm³/mol. The number of unbranched alkanes of at least 4 members (excludes halogenated alkanes) is 1. The van der Waals surface area contributed by atoms with Gasteiger partial charge in [0.05, 0.1) is 32.5 Å². The van der Waals surface area contributed by atoms with E-state index >= 15 is 0 Å². The Morgan fingerprint density at radius 3 is 1.27 bits per heavy atom. The van der Waals surface area contributed by atoms with Gasteiger partial charge in [0.1, 0.15) is 97.7 Å². The summed E-state index contributed by atoms with van der Waals surface area (Å²) < 4.78 is 32.5. The van der Waals surface area contributed by atoms with E-state index in [9.17, 15) is 95.5 Å². The highest BCUT2D eigenvalue weighted by molar-refractivity contribution is 5.91. The van der Waals surface area contributed by atoms with Crippen LogP contribution in [0, 0.1) is 5.92 Å². The minimum atomic E-state index is -1.89. The second kappa shape index (κ2) is 27.7. The maximum atomic E-state index is 13.0. The van der Waals surface area contributed by atoms with Gasteiger partial charge < -0.3 is 121 Å². The van der Waals surface area contributed by atoms with Crippen LogP contribution in [-0.4, -0.2) is 263 Å². The lowest BCUT2D eigenvalue weighted by molar-refractivity contribution is -0.343. The normalized spacial score (nSPS) is 38.4. The number of hydrogen-bond donors (Lipinski definition) is 18. The fourth-order valence-corrected chi connectivity index (χ4v) is 8.08. The van der Waals surface area contributed by atoms with Gasteiger partial charge in [0, 0.05) is 38.1 Å². The van der Waals surface area contributed by atoms with E-state index in [0.717, 1.165) is 0 Å². The average molecular weight is 1020 g/mol. The standard InChI is InChI=1S/C41H70N4O25/c1-15(2)25(54)16(43-22(51)8-9-24(53)45-39-33(62)31(60)37(20(14-49)66-39)70-41-35(64)29(58)27(56)18(12-47)68-41)5-3-4-10-42-21(50)6-7-23(52)44-38-32(61)30(59)36(19(13-48)65-38)69-40-34(63)28(57)26(55)17(11-46)67-40/h15-20,26-41,46-49,55-64H,3-14H2,1-2H3,(H,42,50)(H,43,51)(H,44,52)(H,45,53)/t16?,17?,18?,19?,20?,26-,27-,28-,29-,30+,31+,32?,33?,34?,35?,36-,37-,38+,39+,40-,41-/m0/s1. The summed E-state index contributed by atoms with van der Waals surface area (Å²) in [4.78, 5) is 63.9. The lowest BCUT2D eigenvalue weighted by Gasteiger charge is -2.46.